The van der Waals surface area contributed by atoms with Crippen LogP contribution in [0, 0.1) is 5.92 Å². The molecule has 0 aliphatic carbocycles. The predicted molar refractivity (Wildman–Crippen MR) is 65.7 cm³/mol. The Labute approximate surface area is 96.7 Å². The zero-order chi connectivity index (χ0) is 11.5. The van der Waals surface area contributed by atoms with Crippen LogP contribution in [0.1, 0.15) is 13.3 Å². The van der Waals surface area contributed by atoms with Crippen molar-refractivity contribution < 1.29 is 8.42 Å². The second-order valence-electron chi connectivity index (χ2n) is 4.11. The number of sulfone groups is 1. The Bertz CT molecular complexity index is 327. The van der Waals surface area contributed by atoms with Gasteiger partial charge in [0, 0.05) is 19.0 Å². The van der Waals surface area contributed by atoms with E-state index >= 15 is 0 Å². The van der Waals surface area contributed by atoms with Gasteiger partial charge in [-0.25, -0.2) is 8.42 Å². The molecule has 1 unspecified atom stereocenters. The van der Waals surface area contributed by atoms with E-state index in [-0.39, 0.29) is 11.7 Å². The maximum atomic E-state index is 11.4. The van der Waals surface area contributed by atoms with Gasteiger partial charge in [-0.3, -0.25) is 0 Å². The summed E-state index contributed by atoms with van der Waals surface area (Å²) in [6.45, 7) is 4.17. The van der Waals surface area contributed by atoms with Crippen LogP contribution in [0.5, 0.6) is 0 Å². The Kier molecular flexibility index (Phi) is 4.48. The SMILES string of the molecule is CC(CN1CCCS(=O)(=O)CC1)C(N)=S. The minimum absolute atomic E-state index is 0.154. The third-order valence-electron chi connectivity index (χ3n) is 2.67. The lowest BCUT2D eigenvalue weighted by Crippen LogP contribution is -2.35. The molecule has 0 bridgehead atoms. The van der Waals surface area contributed by atoms with Crippen LogP contribution in [0.3, 0.4) is 0 Å². The van der Waals surface area contributed by atoms with Gasteiger partial charge in [-0.15, -0.1) is 0 Å². The molecule has 2 N–H and O–H groups in total. The summed E-state index contributed by atoms with van der Waals surface area (Å²) in [7, 11) is -2.81. The predicted octanol–water partition coefficient (Wildman–Crippen LogP) is 0.0291. The highest BCUT2D eigenvalue weighted by atomic mass is 32.2. The van der Waals surface area contributed by atoms with Gasteiger partial charge in [0.25, 0.3) is 0 Å². The Hall–Kier alpha value is -0.200. The molecule has 4 nitrogen and oxygen atoms in total. The van der Waals surface area contributed by atoms with Crippen LogP contribution in [0.4, 0.5) is 0 Å². The molecule has 0 amide bonds. The normalized spacial score (nSPS) is 24.3. The third-order valence-corrected chi connectivity index (χ3v) is 4.78. The van der Waals surface area contributed by atoms with Gasteiger partial charge in [-0.1, -0.05) is 19.1 Å². The van der Waals surface area contributed by atoms with Crippen LogP contribution in [-0.2, 0) is 9.84 Å². The van der Waals surface area contributed by atoms with Gasteiger partial charge in [0.05, 0.1) is 16.5 Å². The standard InChI is InChI=1S/C9H18N2O2S2/c1-8(9(10)14)7-11-3-2-5-15(12,13)6-4-11/h8H,2-7H2,1H3,(H2,10,14). The van der Waals surface area contributed by atoms with Crippen molar-refractivity contribution in [3.8, 4) is 0 Å². The van der Waals surface area contributed by atoms with E-state index in [1.165, 1.54) is 0 Å². The highest BCUT2D eigenvalue weighted by Crippen LogP contribution is 2.07. The van der Waals surface area contributed by atoms with Gasteiger partial charge in [-0.2, -0.15) is 0 Å². The van der Waals surface area contributed by atoms with Gasteiger partial charge in [-0.05, 0) is 13.0 Å². The minimum Gasteiger partial charge on any atom is -0.393 e. The summed E-state index contributed by atoms with van der Waals surface area (Å²) in [6, 6.07) is 0. The zero-order valence-corrected chi connectivity index (χ0v) is 10.6. The summed E-state index contributed by atoms with van der Waals surface area (Å²) < 4.78 is 22.7. The summed E-state index contributed by atoms with van der Waals surface area (Å²) in [5, 5.41) is 0. The molecule has 0 radical (unpaired) electrons. The molecular formula is C9H18N2O2S2. The second-order valence-corrected chi connectivity index (χ2v) is 6.88. The molecule has 0 aromatic rings. The van der Waals surface area contributed by atoms with Crippen molar-refractivity contribution in [2.75, 3.05) is 31.1 Å². The van der Waals surface area contributed by atoms with Crippen LogP contribution in [0.2, 0.25) is 0 Å². The summed E-state index contributed by atoms with van der Waals surface area (Å²) in [4.78, 5) is 2.64. The number of nitrogens with two attached hydrogens (primary N) is 1. The summed E-state index contributed by atoms with van der Waals surface area (Å²) in [6.07, 6.45) is 0.715. The lowest BCUT2D eigenvalue weighted by Gasteiger charge is -2.22. The smallest absolute Gasteiger partial charge is 0.151 e. The van der Waals surface area contributed by atoms with E-state index < -0.39 is 9.84 Å². The Morgan fingerprint density at radius 2 is 2.13 bits per heavy atom. The van der Waals surface area contributed by atoms with E-state index in [1.54, 1.807) is 0 Å². The van der Waals surface area contributed by atoms with Crippen LogP contribution < -0.4 is 5.73 Å². The first-order valence-corrected chi connectivity index (χ1v) is 7.36. The van der Waals surface area contributed by atoms with Crippen molar-refractivity contribution in [3.63, 3.8) is 0 Å². The average molecular weight is 250 g/mol. The van der Waals surface area contributed by atoms with Crippen molar-refractivity contribution >= 4 is 27.0 Å². The van der Waals surface area contributed by atoms with E-state index in [4.69, 9.17) is 18.0 Å². The van der Waals surface area contributed by atoms with Gasteiger partial charge in [0.15, 0.2) is 9.84 Å². The lowest BCUT2D eigenvalue weighted by molar-refractivity contribution is 0.279. The fourth-order valence-electron chi connectivity index (χ4n) is 1.65. The molecule has 0 saturated carbocycles. The Morgan fingerprint density at radius 3 is 2.73 bits per heavy atom. The summed E-state index contributed by atoms with van der Waals surface area (Å²) in [5.41, 5.74) is 5.53. The first-order chi connectivity index (χ1) is 6.91. The molecule has 1 fully saturated rings. The van der Waals surface area contributed by atoms with Crippen molar-refractivity contribution in [3.05, 3.63) is 0 Å². The monoisotopic (exact) mass is 250 g/mol. The number of hydrogen-bond donors (Lipinski definition) is 1. The molecule has 1 atom stereocenters. The molecule has 15 heavy (non-hydrogen) atoms. The lowest BCUT2D eigenvalue weighted by atomic mass is 10.1. The molecule has 0 spiro atoms. The largest absolute Gasteiger partial charge is 0.393 e. The quantitative estimate of drug-likeness (QED) is 0.716. The van der Waals surface area contributed by atoms with Crippen molar-refractivity contribution in [2.24, 2.45) is 11.7 Å². The summed E-state index contributed by atoms with van der Waals surface area (Å²) >= 11 is 4.90. The van der Waals surface area contributed by atoms with E-state index in [9.17, 15) is 8.42 Å². The van der Waals surface area contributed by atoms with Crippen LogP contribution >= 0.6 is 12.2 Å². The van der Waals surface area contributed by atoms with Gasteiger partial charge < -0.3 is 10.6 Å². The second kappa shape index (κ2) is 5.23. The molecule has 1 aliphatic heterocycles. The molecule has 1 heterocycles. The first-order valence-electron chi connectivity index (χ1n) is 5.13. The fraction of sp³-hybridized carbons (Fsp3) is 0.889. The van der Waals surface area contributed by atoms with Crippen molar-refractivity contribution in [2.45, 2.75) is 13.3 Å². The maximum Gasteiger partial charge on any atom is 0.151 e. The van der Waals surface area contributed by atoms with Crippen molar-refractivity contribution in [1.29, 1.82) is 0 Å². The first kappa shape index (κ1) is 12.9. The van der Waals surface area contributed by atoms with Crippen LogP contribution in [-0.4, -0.2) is 49.4 Å². The molecule has 1 rings (SSSR count). The molecule has 0 aromatic carbocycles. The number of rotatable bonds is 3. The topological polar surface area (TPSA) is 63.4 Å². The highest BCUT2D eigenvalue weighted by Gasteiger charge is 2.20. The maximum absolute atomic E-state index is 11.4. The molecular weight excluding hydrogens is 232 g/mol. The minimum atomic E-state index is -2.81. The molecule has 88 valence electrons. The zero-order valence-electron chi connectivity index (χ0n) is 8.98. The third kappa shape index (κ3) is 4.44. The number of nitrogens with zero attached hydrogens (tertiary/aromatic N) is 1. The number of hydrogen-bond acceptors (Lipinski definition) is 4. The molecule has 0 aromatic heterocycles. The Morgan fingerprint density at radius 1 is 1.47 bits per heavy atom. The van der Waals surface area contributed by atoms with Crippen molar-refractivity contribution in [1.82, 2.24) is 4.90 Å². The van der Waals surface area contributed by atoms with Gasteiger partial charge >= 0.3 is 0 Å². The highest BCUT2D eigenvalue weighted by molar-refractivity contribution is 7.91. The van der Waals surface area contributed by atoms with E-state index in [0.717, 1.165) is 13.1 Å². The molecule has 1 saturated heterocycles. The Balaban J connectivity index is 2.48. The molecule has 6 heteroatoms. The van der Waals surface area contributed by atoms with Crippen LogP contribution in [0.15, 0.2) is 0 Å². The van der Waals surface area contributed by atoms with E-state index in [0.29, 0.717) is 23.7 Å². The average Bonchev–Trinajstić information content (AvgIpc) is 2.28. The number of thiocarbonyl (C=S) groups is 1. The van der Waals surface area contributed by atoms with Crippen LogP contribution in [0.25, 0.3) is 0 Å². The van der Waals surface area contributed by atoms with E-state index in [1.807, 2.05) is 6.92 Å². The van der Waals surface area contributed by atoms with Gasteiger partial charge in [0.1, 0.15) is 0 Å². The summed E-state index contributed by atoms with van der Waals surface area (Å²) in [5.74, 6) is 0.725. The fourth-order valence-corrected chi connectivity index (χ4v) is 3.03. The van der Waals surface area contributed by atoms with Gasteiger partial charge in [0.2, 0.25) is 0 Å². The van der Waals surface area contributed by atoms with E-state index in [2.05, 4.69) is 4.90 Å². The molecule has 1 aliphatic rings.